The second-order valence-electron chi connectivity index (χ2n) is 8.45. The zero-order valence-electron chi connectivity index (χ0n) is 18.2. The van der Waals surface area contributed by atoms with Crippen LogP contribution >= 0.6 is 11.6 Å². The summed E-state index contributed by atoms with van der Waals surface area (Å²) in [6.07, 6.45) is 3.24. The van der Waals surface area contributed by atoms with E-state index in [9.17, 15) is 13.6 Å². The van der Waals surface area contributed by atoms with Crippen molar-refractivity contribution < 1.29 is 13.6 Å². The number of halogens is 3. The fourth-order valence-electron chi connectivity index (χ4n) is 4.42. The van der Waals surface area contributed by atoms with Crippen molar-refractivity contribution >= 4 is 28.4 Å². The molecule has 3 heterocycles. The molecule has 0 unspecified atom stereocenters. The van der Waals surface area contributed by atoms with Crippen LogP contribution in [-0.2, 0) is 6.54 Å². The van der Waals surface area contributed by atoms with Crippen LogP contribution in [0.5, 0.6) is 0 Å². The molecule has 174 valence electrons. The van der Waals surface area contributed by atoms with Gasteiger partial charge in [-0.1, -0.05) is 17.7 Å². The Kier molecular flexibility index (Phi) is 6.26. The van der Waals surface area contributed by atoms with E-state index in [4.69, 9.17) is 11.6 Å². The lowest BCUT2D eigenvalue weighted by Gasteiger charge is -2.33. The highest BCUT2D eigenvalue weighted by Gasteiger charge is 2.24. The van der Waals surface area contributed by atoms with Crippen LogP contribution < -0.4 is 5.32 Å². The summed E-state index contributed by atoms with van der Waals surface area (Å²) in [7, 11) is 0. The van der Waals surface area contributed by atoms with Crippen LogP contribution in [0.3, 0.4) is 0 Å². The molecule has 0 bridgehead atoms. The minimum absolute atomic E-state index is 0.0589. The van der Waals surface area contributed by atoms with Gasteiger partial charge in [-0.05, 0) is 61.9 Å². The van der Waals surface area contributed by atoms with E-state index in [-0.39, 0.29) is 24.1 Å². The third-order valence-corrected chi connectivity index (χ3v) is 6.32. The summed E-state index contributed by atoms with van der Waals surface area (Å²) in [4.78, 5) is 19.0. The number of rotatable bonds is 5. The summed E-state index contributed by atoms with van der Waals surface area (Å²) in [5, 5.41) is 11.6. The molecule has 0 saturated carbocycles. The Bertz CT molecular complexity index is 1340. The van der Waals surface area contributed by atoms with Crippen LogP contribution in [0.15, 0.2) is 54.7 Å². The predicted octanol–water partition coefficient (Wildman–Crippen LogP) is 4.95. The smallest absolute Gasteiger partial charge is 0.251 e. The first kappa shape index (κ1) is 22.4. The average molecular weight is 482 g/mol. The van der Waals surface area contributed by atoms with Crippen molar-refractivity contribution in [1.29, 1.82) is 0 Å². The summed E-state index contributed by atoms with van der Waals surface area (Å²) in [5.41, 5.74) is 2.85. The molecule has 1 saturated heterocycles. The lowest BCUT2D eigenvalue weighted by Crippen LogP contribution is -2.47. The zero-order chi connectivity index (χ0) is 23.7. The Hall–Kier alpha value is -3.36. The van der Waals surface area contributed by atoms with E-state index in [0.717, 1.165) is 35.9 Å². The second-order valence-corrected chi connectivity index (χ2v) is 8.84. The summed E-state index contributed by atoms with van der Waals surface area (Å²) in [6, 6.07) is 12.7. The number of nitrogens with one attached hydrogen (secondary N) is 2. The number of amides is 1. The highest BCUT2D eigenvalue weighted by atomic mass is 35.5. The van der Waals surface area contributed by atoms with Gasteiger partial charge in [0, 0.05) is 47.4 Å². The van der Waals surface area contributed by atoms with Gasteiger partial charge in [-0.25, -0.2) is 13.8 Å². The normalized spacial score (nSPS) is 16.6. The summed E-state index contributed by atoms with van der Waals surface area (Å²) >= 11 is 6.02. The lowest BCUT2D eigenvalue weighted by atomic mass is 10.0. The molecule has 1 aliphatic heterocycles. The van der Waals surface area contributed by atoms with Crippen molar-refractivity contribution in [2.45, 2.75) is 25.4 Å². The molecule has 0 radical (unpaired) electrons. The number of fused-ring (bicyclic) bond motifs is 1. The van der Waals surface area contributed by atoms with E-state index < -0.39 is 11.6 Å². The molecule has 0 aliphatic carbocycles. The SMILES string of the molecule is O=C(N[C@@H]1CCCN(Cc2c(F)cccc2F)C1)c1ccc2[nH]nc(-c3ccnc(Cl)c3)c2c1. The van der Waals surface area contributed by atoms with Crippen LogP contribution in [0.2, 0.25) is 5.15 Å². The number of nitrogens with zero attached hydrogens (tertiary/aromatic N) is 3. The number of pyridine rings is 1. The van der Waals surface area contributed by atoms with E-state index in [1.807, 2.05) is 17.0 Å². The van der Waals surface area contributed by atoms with Gasteiger partial charge in [0.15, 0.2) is 0 Å². The van der Waals surface area contributed by atoms with Crippen LogP contribution in [0.1, 0.15) is 28.8 Å². The summed E-state index contributed by atoms with van der Waals surface area (Å²) in [6.45, 7) is 1.41. The van der Waals surface area contributed by atoms with Crippen LogP contribution in [0, 0.1) is 11.6 Å². The molecule has 0 spiro atoms. The van der Waals surface area contributed by atoms with Crippen LogP contribution in [0.25, 0.3) is 22.2 Å². The molecule has 34 heavy (non-hydrogen) atoms. The molecule has 5 rings (SSSR count). The molecule has 1 fully saturated rings. The number of benzene rings is 2. The Labute approximate surface area is 199 Å². The molecule has 2 N–H and O–H groups in total. The van der Waals surface area contributed by atoms with Crippen molar-refractivity contribution in [3.8, 4) is 11.3 Å². The largest absolute Gasteiger partial charge is 0.348 e. The molecule has 6 nitrogen and oxygen atoms in total. The number of aromatic amines is 1. The number of hydrogen-bond donors (Lipinski definition) is 2. The van der Waals surface area contributed by atoms with Gasteiger partial charge >= 0.3 is 0 Å². The number of piperidine rings is 1. The molecular formula is C25H22ClF2N5O. The maximum Gasteiger partial charge on any atom is 0.251 e. The highest BCUT2D eigenvalue weighted by Crippen LogP contribution is 2.28. The van der Waals surface area contributed by atoms with Gasteiger partial charge in [-0.2, -0.15) is 5.10 Å². The quantitative estimate of drug-likeness (QED) is 0.395. The lowest BCUT2D eigenvalue weighted by molar-refractivity contribution is 0.0899. The number of carbonyl (C=O) groups excluding carboxylic acids is 1. The van der Waals surface area contributed by atoms with Crippen molar-refractivity contribution in [2.75, 3.05) is 13.1 Å². The standard InChI is InChI=1S/C25H22ClF2N5O/c26-23-12-15(8-9-29-23)24-18-11-16(6-7-22(18)31-32-24)25(34)30-17-3-2-10-33(13-17)14-19-20(27)4-1-5-21(19)28/h1,4-9,11-12,17H,2-3,10,13-14H2,(H,30,34)(H,31,32)/t17-/m1/s1. The topological polar surface area (TPSA) is 73.9 Å². The van der Waals surface area contributed by atoms with E-state index >= 15 is 0 Å². The maximum atomic E-state index is 14.1. The average Bonchev–Trinajstić information content (AvgIpc) is 3.25. The molecule has 2 aromatic carbocycles. The molecule has 1 atom stereocenters. The number of H-pyrrole nitrogens is 1. The first-order valence-electron chi connectivity index (χ1n) is 11.0. The Morgan fingerprint density at radius 1 is 1.18 bits per heavy atom. The fourth-order valence-corrected chi connectivity index (χ4v) is 4.59. The van der Waals surface area contributed by atoms with Crippen molar-refractivity contribution in [1.82, 2.24) is 25.4 Å². The van der Waals surface area contributed by atoms with E-state index in [1.165, 1.54) is 18.2 Å². The van der Waals surface area contributed by atoms with E-state index in [0.29, 0.717) is 23.0 Å². The van der Waals surface area contributed by atoms with Gasteiger partial charge in [0.2, 0.25) is 0 Å². The molecule has 1 aliphatic rings. The van der Waals surface area contributed by atoms with Crippen LogP contribution in [0.4, 0.5) is 8.78 Å². The molecule has 4 aromatic rings. The first-order valence-corrected chi connectivity index (χ1v) is 11.4. The summed E-state index contributed by atoms with van der Waals surface area (Å²) in [5.74, 6) is -1.30. The number of aromatic nitrogens is 3. The first-order chi connectivity index (χ1) is 16.5. The Balaban J connectivity index is 1.31. The van der Waals surface area contributed by atoms with Crippen molar-refractivity contribution in [3.05, 3.63) is 82.6 Å². The van der Waals surface area contributed by atoms with E-state index in [2.05, 4.69) is 20.5 Å². The molecular weight excluding hydrogens is 460 g/mol. The third-order valence-electron chi connectivity index (χ3n) is 6.11. The summed E-state index contributed by atoms with van der Waals surface area (Å²) < 4.78 is 28.1. The van der Waals surface area contributed by atoms with Gasteiger partial charge in [-0.15, -0.1) is 0 Å². The molecule has 1 amide bonds. The Morgan fingerprint density at radius 2 is 2.00 bits per heavy atom. The van der Waals surface area contributed by atoms with Gasteiger partial charge in [-0.3, -0.25) is 14.8 Å². The predicted molar refractivity (Wildman–Crippen MR) is 126 cm³/mol. The molecule has 9 heteroatoms. The second kappa shape index (κ2) is 9.48. The number of hydrogen-bond acceptors (Lipinski definition) is 4. The minimum atomic E-state index is -0.550. The van der Waals surface area contributed by atoms with Gasteiger partial charge in [0.1, 0.15) is 22.5 Å². The zero-order valence-corrected chi connectivity index (χ0v) is 18.9. The van der Waals surface area contributed by atoms with Crippen molar-refractivity contribution in [2.24, 2.45) is 0 Å². The van der Waals surface area contributed by atoms with E-state index in [1.54, 1.807) is 24.4 Å². The highest BCUT2D eigenvalue weighted by molar-refractivity contribution is 6.29. The van der Waals surface area contributed by atoms with Gasteiger partial charge in [0.25, 0.3) is 5.91 Å². The third kappa shape index (κ3) is 4.64. The van der Waals surface area contributed by atoms with Crippen LogP contribution in [-0.4, -0.2) is 45.1 Å². The van der Waals surface area contributed by atoms with Crippen molar-refractivity contribution in [3.63, 3.8) is 0 Å². The number of carbonyl (C=O) groups is 1. The maximum absolute atomic E-state index is 14.1. The monoisotopic (exact) mass is 481 g/mol. The Morgan fingerprint density at radius 3 is 2.79 bits per heavy atom. The number of likely N-dealkylation sites (tertiary alicyclic amines) is 1. The van der Waals surface area contributed by atoms with Gasteiger partial charge < -0.3 is 5.32 Å². The minimum Gasteiger partial charge on any atom is -0.348 e. The van der Waals surface area contributed by atoms with Gasteiger partial charge in [0.05, 0.1) is 5.52 Å². The fraction of sp³-hybridized carbons (Fsp3) is 0.240. The molecule has 2 aromatic heterocycles.